The molecule has 0 aliphatic carbocycles. The van der Waals surface area contributed by atoms with E-state index in [1.807, 2.05) is 10.8 Å². The molecular weight excluding hydrogens is 527 g/mol. The Morgan fingerprint density at radius 3 is 2.17 bits per heavy atom. The molecule has 12 heteroatoms. The SMILES string of the molecule is COc1ccc(N(C)C(=O)C(Cc2ccccc2)NC(=O)NS(=O)(=O)Nc2cc(Cl)cc(Cl)c2)cc1. The zero-order chi connectivity index (χ0) is 26.3. The second-order valence-electron chi connectivity index (χ2n) is 7.68. The van der Waals surface area contributed by atoms with E-state index >= 15 is 0 Å². The summed E-state index contributed by atoms with van der Waals surface area (Å²) >= 11 is 11.8. The van der Waals surface area contributed by atoms with E-state index in [0.29, 0.717) is 11.4 Å². The van der Waals surface area contributed by atoms with E-state index in [-0.39, 0.29) is 22.2 Å². The Hall–Kier alpha value is -3.47. The first kappa shape index (κ1) is 27.1. The highest BCUT2D eigenvalue weighted by atomic mass is 35.5. The first-order valence-corrected chi connectivity index (χ1v) is 12.8. The average Bonchev–Trinajstić information content (AvgIpc) is 2.82. The van der Waals surface area contributed by atoms with Crippen LogP contribution in [0.3, 0.4) is 0 Å². The van der Waals surface area contributed by atoms with Crippen molar-refractivity contribution in [3.8, 4) is 5.75 Å². The van der Waals surface area contributed by atoms with Crippen LogP contribution in [0.4, 0.5) is 16.2 Å². The first-order chi connectivity index (χ1) is 17.1. The third-order valence-electron chi connectivity index (χ3n) is 5.02. The Bertz CT molecular complexity index is 1300. The number of hydrogen-bond donors (Lipinski definition) is 3. The Morgan fingerprint density at radius 1 is 0.972 bits per heavy atom. The fourth-order valence-corrected chi connectivity index (χ4v) is 4.63. The molecule has 0 saturated carbocycles. The second-order valence-corrected chi connectivity index (χ2v) is 9.96. The van der Waals surface area contributed by atoms with Gasteiger partial charge >= 0.3 is 16.2 Å². The number of carbonyl (C=O) groups excluding carboxylic acids is 2. The maximum Gasteiger partial charge on any atom is 0.330 e. The summed E-state index contributed by atoms with van der Waals surface area (Å²) in [7, 11) is -1.27. The highest BCUT2D eigenvalue weighted by Gasteiger charge is 2.27. The summed E-state index contributed by atoms with van der Waals surface area (Å²) in [4.78, 5) is 27.3. The number of likely N-dealkylation sites (N-methyl/N-ethyl adjacent to an activating group) is 1. The number of rotatable bonds is 9. The lowest BCUT2D eigenvalue weighted by Gasteiger charge is -2.25. The standard InChI is InChI=1S/C24H24Cl2N4O5S/c1-30(20-8-10-21(35-2)11-9-20)23(31)22(12-16-6-4-3-5-7-16)27-24(32)29-36(33,34)28-19-14-17(25)13-18(26)15-19/h3-11,13-15,22,28H,12H2,1-2H3,(H2,27,29,32). The number of nitrogens with zero attached hydrogens (tertiary/aromatic N) is 1. The molecular formula is C24H24Cl2N4O5S. The number of amides is 3. The minimum absolute atomic E-state index is 0.0592. The number of anilines is 2. The normalized spacial score (nSPS) is 11.8. The summed E-state index contributed by atoms with van der Waals surface area (Å²) in [6.07, 6.45) is 0.130. The topological polar surface area (TPSA) is 117 Å². The molecule has 3 amide bonds. The van der Waals surface area contributed by atoms with Gasteiger partial charge in [-0.3, -0.25) is 9.52 Å². The van der Waals surface area contributed by atoms with Gasteiger partial charge in [-0.05, 0) is 48.0 Å². The quantitative estimate of drug-likeness (QED) is 0.368. The minimum atomic E-state index is -4.36. The predicted octanol–water partition coefficient (Wildman–Crippen LogP) is 4.23. The molecule has 0 radical (unpaired) electrons. The Labute approximate surface area is 219 Å². The molecule has 0 aliphatic rings. The molecule has 0 aromatic heterocycles. The number of carbonyl (C=O) groups is 2. The Morgan fingerprint density at radius 2 is 1.58 bits per heavy atom. The van der Waals surface area contributed by atoms with E-state index in [4.69, 9.17) is 27.9 Å². The van der Waals surface area contributed by atoms with Crippen molar-refractivity contribution in [1.82, 2.24) is 10.0 Å². The fourth-order valence-electron chi connectivity index (χ4n) is 3.32. The zero-order valence-electron chi connectivity index (χ0n) is 19.4. The van der Waals surface area contributed by atoms with Gasteiger partial charge in [0.2, 0.25) is 5.91 Å². The molecule has 1 unspecified atom stereocenters. The maximum absolute atomic E-state index is 13.3. The number of benzene rings is 3. The van der Waals surface area contributed by atoms with Crippen molar-refractivity contribution in [3.05, 3.63) is 88.4 Å². The summed E-state index contributed by atoms with van der Waals surface area (Å²) in [5.41, 5.74) is 1.39. The summed E-state index contributed by atoms with van der Waals surface area (Å²) in [6.45, 7) is 0. The van der Waals surface area contributed by atoms with Gasteiger partial charge in [-0.15, -0.1) is 0 Å². The van der Waals surface area contributed by atoms with Gasteiger partial charge in [-0.1, -0.05) is 53.5 Å². The molecule has 0 saturated heterocycles. The van der Waals surface area contributed by atoms with Crippen molar-refractivity contribution in [2.24, 2.45) is 0 Å². The van der Waals surface area contributed by atoms with Crippen molar-refractivity contribution < 1.29 is 22.7 Å². The minimum Gasteiger partial charge on any atom is -0.497 e. The van der Waals surface area contributed by atoms with Crippen LogP contribution in [0, 0.1) is 0 Å². The number of halogens is 2. The molecule has 36 heavy (non-hydrogen) atoms. The van der Waals surface area contributed by atoms with Crippen LogP contribution in [0.25, 0.3) is 0 Å². The van der Waals surface area contributed by atoms with Crippen molar-refractivity contribution in [3.63, 3.8) is 0 Å². The molecule has 1 atom stereocenters. The lowest BCUT2D eigenvalue weighted by Crippen LogP contribution is -2.53. The van der Waals surface area contributed by atoms with Crippen molar-refractivity contribution in [2.75, 3.05) is 23.8 Å². The fraction of sp³-hybridized carbons (Fsp3) is 0.167. The molecule has 3 aromatic carbocycles. The van der Waals surface area contributed by atoms with Gasteiger partial charge in [0.05, 0.1) is 12.8 Å². The van der Waals surface area contributed by atoms with E-state index < -0.39 is 28.2 Å². The van der Waals surface area contributed by atoms with Gasteiger partial charge in [-0.25, -0.2) is 9.52 Å². The van der Waals surface area contributed by atoms with E-state index in [1.54, 1.807) is 55.6 Å². The van der Waals surface area contributed by atoms with E-state index in [2.05, 4.69) is 10.0 Å². The van der Waals surface area contributed by atoms with Crippen LogP contribution in [0.2, 0.25) is 10.0 Å². The lowest BCUT2D eigenvalue weighted by molar-refractivity contribution is -0.120. The number of nitrogens with one attached hydrogen (secondary N) is 3. The third kappa shape index (κ3) is 7.77. The number of ether oxygens (including phenoxy) is 1. The van der Waals surface area contributed by atoms with Crippen LogP contribution in [-0.4, -0.2) is 40.6 Å². The molecule has 0 bridgehead atoms. The summed E-state index contributed by atoms with van der Waals surface area (Å²) in [5, 5.41) is 2.88. The van der Waals surface area contributed by atoms with Gasteiger partial charge in [0.15, 0.2) is 0 Å². The van der Waals surface area contributed by atoms with Crippen LogP contribution >= 0.6 is 23.2 Å². The predicted molar refractivity (Wildman–Crippen MR) is 141 cm³/mol. The summed E-state index contributed by atoms with van der Waals surface area (Å²) in [6, 6.07) is 17.7. The maximum atomic E-state index is 13.3. The van der Waals surface area contributed by atoms with E-state index in [0.717, 1.165) is 5.56 Å². The van der Waals surface area contributed by atoms with Gasteiger partial charge in [0.1, 0.15) is 11.8 Å². The molecule has 0 spiro atoms. The van der Waals surface area contributed by atoms with Crippen LogP contribution in [0.15, 0.2) is 72.8 Å². The van der Waals surface area contributed by atoms with Crippen LogP contribution in [0.1, 0.15) is 5.56 Å². The van der Waals surface area contributed by atoms with Gasteiger partial charge < -0.3 is 15.0 Å². The van der Waals surface area contributed by atoms with Crippen LogP contribution in [-0.2, 0) is 21.4 Å². The second kappa shape index (κ2) is 12.0. The Balaban J connectivity index is 1.76. The number of methoxy groups -OCH3 is 1. The van der Waals surface area contributed by atoms with Gasteiger partial charge in [0.25, 0.3) is 0 Å². The lowest BCUT2D eigenvalue weighted by atomic mass is 10.0. The van der Waals surface area contributed by atoms with Gasteiger partial charge in [0, 0.05) is 29.2 Å². The largest absolute Gasteiger partial charge is 0.497 e. The van der Waals surface area contributed by atoms with Crippen LogP contribution in [0.5, 0.6) is 5.75 Å². The van der Waals surface area contributed by atoms with E-state index in [1.165, 1.54) is 30.2 Å². The number of urea groups is 1. The Kier molecular flexibility index (Phi) is 9.03. The molecule has 3 aromatic rings. The van der Waals surface area contributed by atoms with Crippen molar-refractivity contribution >= 4 is 56.7 Å². The smallest absolute Gasteiger partial charge is 0.330 e. The summed E-state index contributed by atoms with van der Waals surface area (Å²) in [5.74, 6) is 0.169. The van der Waals surface area contributed by atoms with Crippen LogP contribution < -0.4 is 24.4 Å². The van der Waals surface area contributed by atoms with E-state index in [9.17, 15) is 18.0 Å². The highest BCUT2D eigenvalue weighted by Crippen LogP contribution is 2.23. The molecule has 0 fully saturated rings. The molecule has 3 rings (SSSR count). The first-order valence-electron chi connectivity index (χ1n) is 10.6. The average molecular weight is 551 g/mol. The number of hydrogen-bond acceptors (Lipinski definition) is 5. The third-order valence-corrected chi connectivity index (χ3v) is 6.41. The van der Waals surface area contributed by atoms with Crippen molar-refractivity contribution in [1.29, 1.82) is 0 Å². The molecule has 0 heterocycles. The molecule has 0 aliphatic heterocycles. The molecule has 9 nitrogen and oxygen atoms in total. The monoisotopic (exact) mass is 550 g/mol. The molecule has 3 N–H and O–H groups in total. The highest BCUT2D eigenvalue weighted by molar-refractivity contribution is 7.91. The zero-order valence-corrected chi connectivity index (χ0v) is 21.7. The van der Waals surface area contributed by atoms with Gasteiger partial charge in [-0.2, -0.15) is 8.42 Å². The van der Waals surface area contributed by atoms with Crippen molar-refractivity contribution in [2.45, 2.75) is 12.5 Å². The molecule has 190 valence electrons. The summed E-state index contributed by atoms with van der Waals surface area (Å²) < 4.78 is 34.1.